The summed E-state index contributed by atoms with van der Waals surface area (Å²) in [5, 5.41) is 30.3. The number of nitriles is 1. The molecule has 0 saturated heterocycles. The maximum atomic E-state index is 11.0. The Balaban J connectivity index is 3.03. The molecule has 1 rings (SSSR count). The van der Waals surface area contributed by atoms with Crippen molar-refractivity contribution in [1.82, 2.24) is 4.90 Å². The fourth-order valence-corrected chi connectivity index (χ4v) is 1.68. The fourth-order valence-electron chi connectivity index (χ4n) is 1.68. The van der Waals surface area contributed by atoms with Crippen LogP contribution in [0.4, 0.5) is 11.4 Å². The van der Waals surface area contributed by atoms with E-state index in [-0.39, 0.29) is 24.0 Å². The van der Waals surface area contributed by atoms with Crippen molar-refractivity contribution in [2.45, 2.75) is 25.9 Å². The zero-order chi connectivity index (χ0) is 15.3. The molecule has 0 fully saturated rings. The van der Waals surface area contributed by atoms with Crippen LogP contribution in [0.5, 0.6) is 0 Å². The van der Waals surface area contributed by atoms with E-state index in [0.29, 0.717) is 12.0 Å². The van der Waals surface area contributed by atoms with Crippen molar-refractivity contribution in [3.63, 3.8) is 0 Å². The van der Waals surface area contributed by atoms with Gasteiger partial charge in [-0.2, -0.15) is 5.26 Å². The largest absolute Gasteiger partial charge is 0.298 e. The lowest BCUT2D eigenvalue weighted by atomic mass is 10.1. The Morgan fingerprint density at radius 1 is 1.35 bits per heavy atom. The highest BCUT2D eigenvalue weighted by Crippen LogP contribution is 2.26. The summed E-state index contributed by atoms with van der Waals surface area (Å²) in [4.78, 5) is 22.1. The molecule has 0 radical (unpaired) electrons. The molecule has 8 heteroatoms. The minimum atomic E-state index is -0.668. The number of rotatable bonds is 6. The molecule has 1 aromatic rings. The first-order chi connectivity index (χ1) is 9.36. The van der Waals surface area contributed by atoms with Gasteiger partial charge < -0.3 is 0 Å². The van der Waals surface area contributed by atoms with Crippen LogP contribution in [-0.4, -0.2) is 27.8 Å². The maximum Gasteiger partial charge on any atom is 0.280 e. The third kappa shape index (κ3) is 3.73. The minimum Gasteiger partial charge on any atom is -0.298 e. The van der Waals surface area contributed by atoms with Gasteiger partial charge in [0.05, 0.1) is 28.4 Å². The molecule has 0 aromatic heterocycles. The number of nitro benzene ring substituents is 2. The van der Waals surface area contributed by atoms with Gasteiger partial charge in [0.15, 0.2) is 0 Å². The second-order valence-electron chi connectivity index (χ2n) is 4.45. The van der Waals surface area contributed by atoms with Crippen molar-refractivity contribution in [3.05, 3.63) is 44.0 Å². The predicted molar refractivity (Wildman–Crippen MR) is 70.9 cm³/mol. The van der Waals surface area contributed by atoms with Crippen LogP contribution in [-0.2, 0) is 6.54 Å². The van der Waals surface area contributed by atoms with Crippen LogP contribution in [0.15, 0.2) is 18.2 Å². The average Bonchev–Trinajstić information content (AvgIpc) is 2.38. The fraction of sp³-hybridized carbons (Fsp3) is 0.417. The van der Waals surface area contributed by atoms with E-state index >= 15 is 0 Å². The van der Waals surface area contributed by atoms with Crippen LogP contribution in [0.3, 0.4) is 0 Å². The summed E-state index contributed by atoms with van der Waals surface area (Å²) in [6.07, 6.45) is 0.303. The number of hydrogen-bond donors (Lipinski definition) is 0. The monoisotopic (exact) mass is 278 g/mol. The van der Waals surface area contributed by atoms with Crippen molar-refractivity contribution in [2.24, 2.45) is 0 Å². The van der Waals surface area contributed by atoms with Gasteiger partial charge in [0, 0.05) is 24.2 Å². The Morgan fingerprint density at radius 2 is 2.00 bits per heavy atom. The third-order valence-corrected chi connectivity index (χ3v) is 3.04. The van der Waals surface area contributed by atoms with Gasteiger partial charge in [-0.1, -0.05) is 0 Å². The number of benzene rings is 1. The number of nitrogens with zero attached hydrogens (tertiary/aromatic N) is 4. The standard InChI is InChI=1S/C12H14N4O4/c1-9(5-6-13)14(2)8-10-3-4-11(15(17)18)7-12(10)16(19)20/h3-4,7,9H,5,8H2,1-2H3. The maximum absolute atomic E-state index is 11.0. The number of nitro groups is 2. The van der Waals surface area contributed by atoms with Crippen LogP contribution in [0, 0.1) is 31.6 Å². The molecule has 0 spiro atoms. The summed E-state index contributed by atoms with van der Waals surface area (Å²) in [5.41, 5.74) is -0.212. The van der Waals surface area contributed by atoms with Gasteiger partial charge in [-0.15, -0.1) is 0 Å². The molecule has 0 N–H and O–H groups in total. The molecule has 1 unspecified atom stereocenters. The molecule has 0 saturated carbocycles. The summed E-state index contributed by atoms with van der Waals surface area (Å²) in [5.74, 6) is 0. The van der Waals surface area contributed by atoms with E-state index < -0.39 is 9.85 Å². The zero-order valence-electron chi connectivity index (χ0n) is 11.1. The van der Waals surface area contributed by atoms with Crippen molar-refractivity contribution < 1.29 is 9.85 Å². The highest BCUT2D eigenvalue weighted by molar-refractivity contribution is 5.49. The highest BCUT2D eigenvalue weighted by Gasteiger charge is 2.21. The Kier molecular flexibility index (Phi) is 5.11. The Morgan fingerprint density at radius 3 is 2.50 bits per heavy atom. The van der Waals surface area contributed by atoms with E-state index in [9.17, 15) is 20.2 Å². The Labute approximate surface area is 115 Å². The summed E-state index contributed by atoms with van der Waals surface area (Å²) in [7, 11) is 1.74. The van der Waals surface area contributed by atoms with E-state index in [1.165, 1.54) is 12.1 Å². The van der Waals surface area contributed by atoms with Crippen LogP contribution in [0.1, 0.15) is 18.9 Å². The summed E-state index contributed by atoms with van der Waals surface area (Å²) >= 11 is 0. The molecule has 106 valence electrons. The highest BCUT2D eigenvalue weighted by atomic mass is 16.6. The van der Waals surface area contributed by atoms with Crippen LogP contribution in [0.25, 0.3) is 0 Å². The van der Waals surface area contributed by atoms with Crippen molar-refractivity contribution >= 4 is 11.4 Å². The van der Waals surface area contributed by atoms with Gasteiger partial charge in [0.1, 0.15) is 0 Å². The van der Waals surface area contributed by atoms with E-state index in [1.54, 1.807) is 11.9 Å². The lowest BCUT2D eigenvalue weighted by Crippen LogP contribution is -2.28. The van der Waals surface area contributed by atoms with Crippen LogP contribution in [0.2, 0.25) is 0 Å². The molecule has 1 aromatic carbocycles. The molecule has 8 nitrogen and oxygen atoms in total. The molecule has 20 heavy (non-hydrogen) atoms. The second-order valence-corrected chi connectivity index (χ2v) is 4.45. The van der Waals surface area contributed by atoms with Crippen LogP contribution >= 0.6 is 0 Å². The predicted octanol–water partition coefficient (Wildman–Crippen LogP) is 2.24. The summed E-state index contributed by atoms with van der Waals surface area (Å²) in [6, 6.07) is 5.55. The average molecular weight is 278 g/mol. The molecule has 0 amide bonds. The molecular weight excluding hydrogens is 264 g/mol. The zero-order valence-corrected chi connectivity index (χ0v) is 11.1. The lowest BCUT2D eigenvalue weighted by Gasteiger charge is -2.22. The number of hydrogen-bond acceptors (Lipinski definition) is 6. The van der Waals surface area contributed by atoms with Crippen LogP contribution < -0.4 is 0 Å². The van der Waals surface area contributed by atoms with Crippen molar-refractivity contribution in [1.29, 1.82) is 5.26 Å². The Bertz CT molecular complexity index is 567. The quantitative estimate of drug-likeness (QED) is 0.582. The van der Waals surface area contributed by atoms with Gasteiger partial charge in [-0.25, -0.2) is 0 Å². The topological polar surface area (TPSA) is 113 Å². The normalized spacial score (nSPS) is 11.9. The van der Waals surface area contributed by atoms with E-state index in [4.69, 9.17) is 5.26 Å². The Hall–Kier alpha value is -2.53. The summed E-state index contributed by atoms with van der Waals surface area (Å²) in [6.45, 7) is 2.08. The molecular formula is C12H14N4O4. The van der Waals surface area contributed by atoms with Gasteiger partial charge in [0.2, 0.25) is 0 Å². The molecule has 0 bridgehead atoms. The first kappa shape index (κ1) is 15.5. The third-order valence-electron chi connectivity index (χ3n) is 3.04. The van der Waals surface area contributed by atoms with E-state index in [1.807, 2.05) is 13.0 Å². The first-order valence-corrected chi connectivity index (χ1v) is 5.85. The molecule has 0 heterocycles. The van der Waals surface area contributed by atoms with Gasteiger partial charge in [0.25, 0.3) is 11.4 Å². The molecule has 0 aliphatic heterocycles. The van der Waals surface area contributed by atoms with E-state index in [2.05, 4.69) is 0 Å². The number of non-ortho nitro benzene ring substituents is 1. The molecule has 0 aliphatic rings. The van der Waals surface area contributed by atoms with Crippen molar-refractivity contribution in [3.8, 4) is 6.07 Å². The van der Waals surface area contributed by atoms with Gasteiger partial charge in [-0.05, 0) is 20.0 Å². The van der Waals surface area contributed by atoms with Crippen molar-refractivity contribution in [2.75, 3.05) is 7.05 Å². The SMILES string of the molecule is CC(CC#N)N(C)Cc1ccc([N+](=O)[O-])cc1[N+](=O)[O-]. The smallest absolute Gasteiger partial charge is 0.280 e. The first-order valence-electron chi connectivity index (χ1n) is 5.85. The molecule has 0 aliphatic carbocycles. The van der Waals surface area contributed by atoms with Gasteiger partial charge in [-0.3, -0.25) is 25.1 Å². The van der Waals surface area contributed by atoms with Gasteiger partial charge >= 0.3 is 0 Å². The second kappa shape index (κ2) is 6.58. The lowest BCUT2D eigenvalue weighted by molar-refractivity contribution is -0.394. The summed E-state index contributed by atoms with van der Waals surface area (Å²) < 4.78 is 0. The van der Waals surface area contributed by atoms with E-state index in [0.717, 1.165) is 6.07 Å². The molecule has 1 atom stereocenters. The minimum absolute atomic E-state index is 0.0604.